The molecule has 9 rings (SSSR count). The fourth-order valence-corrected chi connectivity index (χ4v) is 6.72. The van der Waals surface area contributed by atoms with Crippen LogP contribution in [0.1, 0.15) is 26.3 Å². The molecule has 6 nitrogen and oxygen atoms in total. The van der Waals surface area contributed by atoms with E-state index in [0.29, 0.717) is 11.5 Å². The summed E-state index contributed by atoms with van der Waals surface area (Å²) in [4.78, 5) is 14.1. The van der Waals surface area contributed by atoms with Crippen molar-refractivity contribution in [1.82, 2.24) is 24.1 Å². The number of ether oxygens (including phenoxy) is 1. The Bertz CT molecular complexity index is 2690. The first kappa shape index (κ1) is 33.3. The molecule has 0 radical (unpaired) electrons. The van der Waals surface area contributed by atoms with Crippen molar-refractivity contribution in [3.8, 4) is 45.5 Å². The first-order valence-corrected chi connectivity index (χ1v) is 17.0. The fraction of sp³-hybridized carbons (Fsp3) is 0.0889. The molecule has 0 N–H and O–H groups in total. The minimum Gasteiger partial charge on any atom is -0.503 e. The average molecular weight is 855 g/mol. The molecule has 52 heavy (non-hydrogen) atoms. The average Bonchev–Trinajstić information content (AvgIpc) is 3.71. The molecule has 9 aromatic rings. The van der Waals surface area contributed by atoms with E-state index in [9.17, 15) is 0 Å². The molecular formula is C45H33N5OPt. The molecule has 254 valence electrons. The van der Waals surface area contributed by atoms with Crippen molar-refractivity contribution < 1.29 is 25.8 Å². The van der Waals surface area contributed by atoms with E-state index < -0.39 is 0 Å². The summed E-state index contributed by atoms with van der Waals surface area (Å²) in [7, 11) is 0. The Morgan fingerprint density at radius 2 is 1.42 bits per heavy atom. The third kappa shape index (κ3) is 5.99. The summed E-state index contributed by atoms with van der Waals surface area (Å²) in [5.74, 6) is 2.76. The van der Waals surface area contributed by atoms with Crippen LogP contribution in [-0.2, 0) is 26.5 Å². The van der Waals surface area contributed by atoms with E-state index in [1.165, 1.54) is 5.56 Å². The zero-order valence-electron chi connectivity index (χ0n) is 28.8. The number of pyridine rings is 2. The van der Waals surface area contributed by atoms with Crippen LogP contribution >= 0.6 is 0 Å². The maximum absolute atomic E-state index is 6.52. The molecule has 0 aliphatic rings. The van der Waals surface area contributed by atoms with Gasteiger partial charge in [0, 0.05) is 46.9 Å². The van der Waals surface area contributed by atoms with Gasteiger partial charge in [-0.1, -0.05) is 74.8 Å². The number of benzene rings is 5. The van der Waals surface area contributed by atoms with Gasteiger partial charge in [-0.2, -0.15) is 6.07 Å². The van der Waals surface area contributed by atoms with Gasteiger partial charge in [-0.25, -0.2) is 4.98 Å². The Kier molecular flexibility index (Phi) is 8.56. The van der Waals surface area contributed by atoms with E-state index >= 15 is 0 Å². The summed E-state index contributed by atoms with van der Waals surface area (Å²) < 4.78 is 10.9. The Balaban J connectivity index is 0.00000387. The monoisotopic (exact) mass is 854 g/mol. The van der Waals surface area contributed by atoms with Gasteiger partial charge in [0.2, 0.25) is 0 Å². The fourth-order valence-electron chi connectivity index (χ4n) is 6.72. The van der Waals surface area contributed by atoms with Gasteiger partial charge in [-0.05, 0) is 76.5 Å². The molecule has 0 atom stereocenters. The predicted octanol–water partition coefficient (Wildman–Crippen LogP) is 10.9. The van der Waals surface area contributed by atoms with E-state index in [1.54, 1.807) is 12.4 Å². The van der Waals surface area contributed by atoms with E-state index in [-0.39, 0.29) is 26.5 Å². The second-order valence-electron chi connectivity index (χ2n) is 13.7. The maximum Gasteiger partial charge on any atom is 2.00 e. The van der Waals surface area contributed by atoms with Crippen molar-refractivity contribution in [2.75, 3.05) is 0 Å². The van der Waals surface area contributed by atoms with Crippen LogP contribution in [0.5, 0.6) is 11.5 Å². The van der Waals surface area contributed by atoms with Crippen LogP contribution in [0.3, 0.4) is 0 Å². The summed E-state index contributed by atoms with van der Waals surface area (Å²) >= 11 is 0. The second-order valence-corrected chi connectivity index (χ2v) is 13.7. The minimum atomic E-state index is 0. The van der Waals surface area contributed by atoms with Crippen LogP contribution in [0.25, 0.3) is 66.9 Å². The van der Waals surface area contributed by atoms with Gasteiger partial charge < -0.3 is 13.9 Å². The number of hydrogen-bond donors (Lipinski definition) is 0. The van der Waals surface area contributed by atoms with E-state index in [1.807, 2.05) is 79.0 Å². The van der Waals surface area contributed by atoms with Crippen molar-refractivity contribution in [3.05, 3.63) is 164 Å². The SMILES string of the molecule is CC(C)(C)c1ccc2c(c1)c1ccc(Oc3[c-]c(-c4nc5ccccc5n4-c4ccccc4)ccc3)[c-]c1n2-c1ccc(-c2ccncc2)cn1.[Pt+2]. The smallest absolute Gasteiger partial charge is 0.503 e. The van der Waals surface area contributed by atoms with Crippen LogP contribution in [-0.4, -0.2) is 24.1 Å². The van der Waals surface area contributed by atoms with E-state index in [2.05, 4.69) is 102 Å². The Labute approximate surface area is 316 Å². The molecule has 4 aromatic heterocycles. The zero-order chi connectivity index (χ0) is 34.5. The number of aromatic nitrogens is 5. The van der Waals surface area contributed by atoms with Crippen LogP contribution in [0.4, 0.5) is 0 Å². The minimum absolute atomic E-state index is 0. The maximum atomic E-state index is 6.52. The standard InChI is InChI=1S/C45H33N5O.Pt/c1-45(2,3)33-17-20-40-38(27-33)37-19-18-36(28-42(37)50(40)43-21-16-32(29-47-43)30-22-24-46-25-23-30)51-35-13-9-10-31(26-35)44-48-39-14-7-8-15-41(39)49(44)34-11-5-4-6-12-34;/h4-25,27,29H,1-3H3;/q-2;+2. The molecular weight excluding hydrogens is 822 g/mol. The van der Waals surface area contributed by atoms with Crippen molar-refractivity contribution >= 4 is 32.8 Å². The van der Waals surface area contributed by atoms with Gasteiger partial charge >= 0.3 is 21.1 Å². The molecule has 0 spiro atoms. The Hall–Kier alpha value is -5.84. The number of fused-ring (bicyclic) bond motifs is 4. The van der Waals surface area contributed by atoms with Crippen molar-refractivity contribution in [2.24, 2.45) is 0 Å². The normalized spacial score (nSPS) is 11.6. The first-order chi connectivity index (χ1) is 24.9. The van der Waals surface area contributed by atoms with E-state index in [4.69, 9.17) is 14.7 Å². The largest absolute Gasteiger partial charge is 2.00 e. The third-order valence-electron chi connectivity index (χ3n) is 9.31. The van der Waals surface area contributed by atoms with Crippen LogP contribution in [0, 0.1) is 12.1 Å². The van der Waals surface area contributed by atoms with Gasteiger partial charge in [0.1, 0.15) is 5.82 Å². The van der Waals surface area contributed by atoms with Crippen molar-refractivity contribution in [2.45, 2.75) is 26.2 Å². The summed E-state index contributed by atoms with van der Waals surface area (Å²) in [6.07, 6.45) is 5.51. The van der Waals surface area contributed by atoms with Gasteiger partial charge in [0.05, 0.1) is 16.9 Å². The predicted molar refractivity (Wildman–Crippen MR) is 205 cm³/mol. The van der Waals surface area contributed by atoms with Crippen molar-refractivity contribution in [1.29, 1.82) is 0 Å². The molecule has 7 heteroatoms. The van der Waals surface area contributed by atoms with Gasteiger partial charge in [-0.15, -0.1) is 41.3 Å². The van der Waals surface area contributed by atoms with Crippen LogP contribution < -0.4 is 4.74 Å². The summed E-state index contributed by atoms with van der Waals surface area (Å²) in [6, 6.07) is 50.4. The van der Waals surface area contributed by atoms with Gasteiger partial charge in [0.25, 0.3) is 0 Å². The topological polar surface area (TPSA) is 57.8 Å². The molecule has 4 heterocycles. The van der Waals surface area contributed by atoms with E-state index in [0.717, 1.165) is 66.9 Å². The van der Waals surface area contributed by atoms with Crippen LogP contribution in [0.2, 0.25) is 0 Å². The molecule has 5 aromatic carbocycles. The van der Waals surface area contributed by atoms with Crippen molar-refractivity contribution in [3.63, 3.8) is 0 Å². The summed E-state index contributed by atoms with van der Waals surface area (Å²) in [5, 5.41) is 2.23. The Morgan fingerprint density at radius 1 is 0.635 bits per heavy atom. The molecule has 0 saturated heterocycles. The molecule has 0 fully saturated rings. The third-order valence-corrected chi connectivity index (χ3v) is 9.31. The molecule has 0 aliphatic carbocycles. The molecule has 0 saturated carbocycles. The number of rotatable bonds is 6. The zero-order valence-corrected chi connectivity index (χ0v) is 31.1. The molecule has 0 bridgehead atoms. The quantitative estimate of drug-likeness (QED) is 0.156. The number of nitrogens with zero attached hydrogens (tertiary/aromatic N) is 5. The Morgan fingerprint density at radius 3 is 2.21 bits per heavy atom. The number of para-hydroxylation sites is 3. The first-order valence-electron chi connectivity index (χ1n) is 17.0. The van der Waals surface area contributed by atoms with Crippen LogP contribution in [0.15, 0.2) is 146 Å². The summed E-state index contributed by atoms with van der Waals surface area (Å²) in [5.41, 5.74) is 9.12. The number of hydrogen-bond acceptors (Lipinski definition) is 4. The number of imidazole rings is 1. The molecule has 0 aliphatic heterocycles. The van der Waals surface area contributed by atoms with Gasteiger partial charge in [-0.3, -0.25) is 9.97 Å². The second kappa shape index (κ2) is 13.4. The van der Waals surface area contributed by atoms with Gasteiger partial charge in [0.15, 0.2) is 0 Å². The molecule has 0 amide bonds. The molecule has 0 unspecified atom stereocenters. The summed E-state index contributed by atoms with van der Waals surface area (Å²) in [6.45, 7) is 6.72.